The molecule has 3 rings (SSSR count). The van der Waals surface area contributed by atoms with Crippen molar-refractivity contribution in [1.82, 2.24) is 5.32 Å². The molecule has 0 saturated carbocycles. The van der Waals surface area contributed by atoms with Crippen molar-refractivity contribution in [3.63, 3.8) is 0 Å². The van der Waals surface area contributed by atoms with Crippen molar-refractivity contribution in [1.29, 1.82) is 0 Å². The molecule has 2 heterocycles. The number of carbonyl (C=O) groups excluding carboxylic acids is 1. The molecule has 0 aliphatic carbocycles. The highest BCUT2D eigenvalue weighted by molar-refractivity contribution is 6.40. The van der Waals surface area contributed by atoms with Crippen LogP contribution in [0.1, 0.15) is 19.3 Å². The molecule has 1 aromatic carbocycles. The Bertz CT molecular complexity index is 626. The highest BCUT2D eigenvalue weighted by atomic mass is 16.5. The lowest BCUT2D eigenvalue weighted by molar-refractivity contribution is -0.138. The molecular formula is C17H21N3O4. The molecule has 24 heavy (non-hydrogen) atoms. The number of nitrogens with one attached hydrogen (secondary N) is 1. The highest BCUT2D eigenvalue weighted by Crippen LogP contribution is 2.24. The third-order valence-corrected chi connectivity index (χ3v) is 4.28. The summed E-state index contributed by atoms with van der Waals surface area (Å²) in [6, 6.07) is 8.17. The largest absolute Gasteiger partial charge is 0.480 e. The van der Waals surface area contributed by atoms with Crippen molar-refractivity contribution in [2.24, 2.45) is 11.0 Å². The summed E-state index contributed by atoms with van der Waals surface area (Å²) >= 11 is 0. The number of rotatable bonds is 5. The van der Waals surface area contributed by atoms with Gasteiger partial charge in [0.25, 0.3) is 5.91 Å². The predicted molar refractivity (Wildman–Crippen MR) is 88.9 cm³/mol. The first-order chi connectivity index (χ1) is 11.6. The Morgan fingerprint density at radius 2 is 2.12 bits per heavy atom. The SMILES string of the molecule is O=C(NCC1CCCOC1)C1=NN(c2ccccc2)C(C(=O)O)C1. The van der Waals surface area contributed by atoms with Crippen LogP contribution in [-0.2, 0) is 14.3 Å². The molecule has 7 nitrogen and oxygen atoms in total. The minimum Gasteiger partial charge on any atom is -0.480 e. The molecule has 0 radical (unpaired) electrons. The van der Waals surface area contributed by atoms with Crippen LogP contribution in [0.15, 0.2) is 35.4 Å². The molecule has 2 unspecified atom stereocenters. The summed E-state index contributed by atoms with van der Waals surface area (Å²) in [5, 5.41) is 17.9. The zero-order valence-corrected chi connectivity index (χ0v) is 13.4. The van der Waals surface area contributed by atoms with Gasteiger partial charge >= 0.3 is 5.97 Å². The maximum absolute atomic E-state index is 12.3. The van der Waals surface area contributed by atoms with Crippen LogP contribution in [-0.4, -0.2) is 48.5 Å². The van der Waals surface area contributed by atoms with Gasteiger partial charge in [-0.15, -0.1) is 0 Å². The molecule has 1 amide bonds. The average molecular weight is 331 g/mol. The lowest BCUT2D eigenvalue weighted by atomic mass is 10.0. The van der Waals surface area contributed by atoms with Gasteiger partial charge in [-0.1, -0.05) is 18.2 Å². The highest BCUT2D eigenvalue weighted by Gasteiger charge is 2.36. The van der Waals surface area contributed by atoms with Gasteiger partial charge in [0.1, 0.15) is 5.71 Å². The normalized spacial score (nSPS) is 23.7. The topological polar surface area (TPSA) is 91.2 Å². The van der Waals surface area contributed by atoms with Gasteiger partial charge in [-0.2, -0.15) is 5.10 Å². The van der Waals surface area contributed by atoms with Crippen LogP contribution in [0.2, 0.25) is 0 Å². The molecule has 1 aromatic rings. The number of ether oxygens (including phenoxy) is 1. The van der Waals surface area contributed by atoms with Crippen molar-refractivity contribution >= 4 is 23.3 Å². The summed E-state index contributed by atoms with van der Waals surface area (Å²) in [6.45, 7) is 1.96. The Balaban J connectivity index is 1.66. The molecule has 2 aliphatic rings. The molecule has 0 spiro atoms. The first-order valence-corrected chi connectivity index (χ1v) is 8.15. The van der Waals surface area contributed by atoms with E-state index in [-0.39, 0.29) is 18.0 Å². The van der Waals surface area contributed by atoms with Crippen LogP contribution in [0.4, 0.5) is 5.69 Å². The third kappa shape index (κ3) is 3.73. The summed E-state index contributed by atoms with van der Waals surface area (Å²) in [7, 11) is 0. The fourth-order valence-electron chi connectivity index (χ4n) is 2.97. The number of hydrogen-bond donors (Lipinski definition) is 2. The van der Waals surface area contributed by atoms with Crippen LogP contribution in [0.5, 0.6) is 0 Å². The molecular weight excluding hydrogens is 310 g/mol. The van der Waals surface area contributed by atoms with E-state index in [1.807, 2.05) is 18.2 Å². The van der Waals surface area contributed by atoms with E-state index in [4.69, 9.17) is 4.74 Å². The molecule has 0 aromatic heterocycles. The maximum Gasteiger partial charge on any atom is 0.328 e. The van der Waals surface area contributed by atoms with E-state index in [1.54, 1.807) is 12.1 Å². The van der Waals surface area contributed by atoms with Gasteiger partial charge in [0, 0.05) is 19.6 Å². The van der Waals surface area contributed by atoms with E-state index < -0.39 is 12.0 Å². The molecule has 2 N–H and O–H groups in total. The predicted octanol–water partition coefficient (Wildman–Crippen LogP) is 1.25. The van der Waals surface area contributed by atoms with Crippen molar-refractivity contribution in [3.05, 3.63) is 30.3 Å². The number of aliphatic carboxylic acids is 1. The first kappa shape index (κ1) is 16.4. The van der Waals surface area contributed by atoms with Gasteiger partial charge in [0.2, 0.25) is 0 Å². The van der Waals surface area contributed by atoms with Crippen molar-refractivity contribution < 1.29 is 19.4 Å². The van der Waals surface area contributed by atoms with E-state index in [0.717, 1.165) is 19.4 Å². The van der Waals surface area contributed by atoms with Crippen molar-refractivity contribution in [2.75, 3.05) is 24.8 Å². The molecule has 1 saturated heterocycles. The summed E-state index contributed by atoms with van der Waals surface area (Å²) < 4.78 is 5.40. The van der Waals surface area contributed by atoms with E-state index in [0.29, 0.717) is 24.8 Å². The zero-order chi connectivity index (χ0) is 16.9. The van der Waals surface area contributed by atoms with Crippen LogP contribution >= 0.6 is 0 Å². The Morgan fingerprint density at radius 1 is 1.33 bits per heavy atom. The number of benzene rings is 1. The van der Waals surface area contributed by atoms with Gasteiger partial charge in [-0.25, -0.2) is 4.79 Å². The van der Waals surface area contributed by atoms with E-state index in [2.05, 4.69) is 10.4 Å². The number of hydrazone groups is 1. The standard InChI is InChI=1S/C17H21N3O4/c21-16(18-10-12-5-4-8-24-11-12)14-9-15(17(22)23)20(19-14)13-6-2-1-3-7-13/h1-3,6-7,12,15H,4-5,8-11H2,(H,18,21)(H,22,23). The van der Waals surface area contributed by atoms with Gasteiger partial charge in [0.05, 0.1) is 12.3 Å². The average Bonchev–Trinajstić information content (AvgIpc) is 3.07. The number of amides is 1. The second-order valence-corrected chi connectivity index (χ2v) is 6.08. The minimum atomic E-state index is -0.994. The summed E-state index contributed by atoms with van der Waals surface area (Å²) in [5.74, 6) is -0.985. The van der Waals surface area contributed by atoms with Crippen LogP contribution < -0.4 is 10.3 Å². The molecule has 2 atom stereocenters. The number of carboxylic acid groups (broad SMARTS) is 1. The Kier molecular flexibility index (Phi) is 5.10. The Labute approximate surface area is 140 Å². The van der Waals surface area contributed by atoms with E-state index in [1.165, 1.54) is 5.01 Å². The molecule has 1 fully saturated rings. The van der Waals surface area contributed by atoms with Crippen LogP contribution in [0.3, 0.4) is 0 Å². The zero-order valence-electron chi connectivity index (χ0n) is 13.4. The Hall–Kier alpha value is -2.41. The monoisotopic (exact) mass is 331 g/mol. The van der Waals surface area contributed by atoms with E-state index >= 15 is 0 Å². The minimum absolute atomic E-state index is 0.0945. The van der Waals surface area contributed by atoms with Crippen LogP contribution in [0.25, 0.3) is 0 Å². The lowest BCUT2D eigenvalue weighted by Crippen LogP contribution is -2.38. The van der Waals surface area contributed by atoms with Gasteiger partial charge in [-0.3, -0.25) is 9.80 Å². The van der Waals surface area contributed by atoms with Gasteiger partial charge in [-0.05, 0) is 30.9 Å². The second-order valence-electron chi connectivity index (χ2n) is 6.08. The number of para-hydroxylation sites is 1. The van der Waals surface area contributed by atoms with Crippen LogP contribution in [0, 0.1) is 5.92 Å². The van der Waals surface area contributed by atoms with Gasteiger partial charge in [0.15, 0.2) is 6.04 Å². The first-order valence-electron chi connectivity index (χ1n) is 8.15. The molecule has 0 bridgehead atoms. The lowest BCUT2D eigenvalue weighted by Gasteiger charge is -2.22. The summed E-state index contributed by atoms with van der Waals surface area (Å²) in [6.07, 6.45) is 2.13. The number of carbonyl (C=O) groups is 2. The summed E-state index contributed by atoms with van der Waals surface area (Å²) in [5.41, 5.74) is 0.913. The molecule has 2 aliphatic heterocycles. The second kappa shape index (κ2) is 7.44. The Morgan fingerprint density at radius 3 is 2.79 bits per heavy atom. The number of carboxylic acids is 1. The van der Waals surface area contributed by atoms with E-state index in [9.17, 15) is 14.7 Å². The third-order valence-electron chi connectivity index (χ3n) is 4.28. The summed E-state index contributed by atoms with van der Waals surface area (Å²) in [4.78, 5) is 23.8. The smallest absolute Gasteiger partial charge is 0.328 e. The van der Waals surface area contributed by atoms with Crippen molar-refractivity contribution in [3.8, 4) is 0 Å². The van der Waals surface area contributed by atoms with Gasteiger partial charge < -0.3 is 15.2 Å². The quantitative estimate of drug-likeness (QED) is 0.847. The number of hydrogen-bond acceptors (Lipinski definition) is 5. The van der Waals surface area contributed by atoms with Crippen molar-refractivity contribution in [2.45, 2.75) is 25.3 Å². The fourth-order valence-corrected chi connectivity index (χ4v) is 2.97. The maximum atomic E-state index is 12.3. The number of anilines is 1. The molecule has 128 valence electrons. The fraction of sp³-hybridized carbons (Fsp3) is 0.471. The molecule has 7 heteroatoms. The number of nitrogens with zero attached hydrogens (tertiary/aromatic N) is 2.